The Balaban J connectivity index is 2.38. The third-order valence-corrected chi connectivity index (χ3v) is 4.78. The summed E-state index contributed by atoms with van der Waals surface area (Å²) in [6.45, 7) is 0.0809. The highest BCUT2D eigenvalue weighted by molar-refractivity contribution is 7.89. The van der Waals surface area contributed by atoms with Gasteiger partial charge in [-0.1, -0.05) is 6.07 Å². The van der Waals surface area contributed by atoms with E-state index < -0.39 is 21.4 Å². The molecule has 0 bridgehead atoms. The van der Waals surface area contributed by atoms with Crippen LogP contribution in [0.15, 0.2) is 35.5 Å². The standard InChI is InChI=1S/C13H13FN4O2S/c1-17-8-10(7-16-17)9-18(2)21(19,20)13-5-3-4-12(14)11(13)6-15/h3-5,7-8H,9H2,1-2H3. The smallest absolute Gasteiger partial charge is 0.244 e. The average Bonchev–Trinajstić information content (AvgIpc) is 2.83. The zero-order valence-corrected chi connectivity index (χ0v) is 12.3. The lowest BCUT2D eigenvalue weighted by Gasteiger charge is -2.17. The Labute approximate surface area is 122 Å². The Morgan fingerprint density at radius 1 is 1.48 bits per heavy atom. The molecule has 8 heteroatoms. The van der Waals surface area contributed by atoms with Gasteiger partial charge in [-0.05, 0) is 12.1 Å². The Morgan fingerprint density at radius 3 is 2.76 bits per heavy atom. The van der Waals surface area contributed by atoms with Crippen LogP contribution in [0.4, 0.5) is 4.39 Å². The van der Waals surface area contributed by atoms with Crippen molar-refractivity contribution in [1.82, 2.24) is 14.1 Å². The number of sulfonamides is 1. The van der Waals surface area contributed by atoms with E-state index in [2.05, 4.69) is 5.10 Å². The van der Waals surface area contributed by atoms with E-state index in [1.54, 1.807) is 30.2 Å². The van der Waals surface area contributed by atoms with Crippen molar-refractivity contribution in [3.63, 3.8) is 0 Å². The van der Waals surface area contributed by atoms with Gasteiger partial charge in [-0.25, -0.2) is 12.8 Å². The maximum absolute atomic E-state index is 13.6. The normalized spacial score (nSPS) is 11.6. The van der Waals surface area contributed by atoms with Crippen LogP contribution in [0.25, 0.3) is 0 Å². The molecule has 0 aliphatic rings. The predicted molar refractivity (Wildman–Crippen MR) is 73.0 cm³/mol. The van der Waals surface area contributed by atoms with E-state index >= 15 is 0 Å². The summed E-state index contributed by atoms with van der Waals surface area (Å²) in [4.78, 5) is -0.337. The zero-order valence-electron chi connectivity index (χ0n) is 11.5. The topological polar surface area (TPSA) is 79.0 Å². The van der Waals surface area contributed by atoms with Crippen molar-refractivity contribution in [2.75, 3.05) is 7.05 Å². The number of halogens is 1. The minimum absolute atomic E-state index is 0.0809. The number of aryl methyl sites for hydroxylation is 1. The summed E-state index contributed by atoms with van der Waals surface area (Å²) < 4.78 is 41.1. The first-order valence-electron chi connectivity index (χ1n) is 5.98. The third kappa shape index (κ3) is 2.94. The molecule has 0 N–H and O–H groups in total. The summed E-state index contributed by atoms with van der Waals surface area (Å²) in [6.07, 6.45) is 3.23. The largest absolute Gasteiger partial charge is 0.275 e. The predicted octanol–water partition coefficient (Wildman–Crippen LogP) is 1.25. The van der Waals surface area contributed by atoms with Gasteiger partial charge in [0.15, 0.2) is 0 Å². The number of nitrogens with zero attached hydrogens (tertiary/aromatic N) is 4. The minimum atomic E-state index is -3.96. The van der Waals surface area contributed by atoms with E-state index in [0.717, 1.165) is 10.4 Å². The van der Waals surface area contributed by atoms with Crippen LogP contribution in [0, 0.1) is 17.1 Å². The lowest BCUT2D eigenvalue weighted by atomic mass is 10.2. The molecule has 0 aliphatic carbocycles. The van der Waals surface area contributed by atoms with Gasteiger partial charge in [0.05, 0.1) is 6.20 Å². The van der Waals surface area contributed by atoms with Crippen LogP contribution < -0.4 is 0 Å². The van der Waals surface area contributed by atoms with Crippen molar-refractivity contribution in [1.29, 1.82) is 5.26 Å². The van der Waals surface area contributed by atoms with Crippen LogP contribution in [0.1, 0.15) is 11.1 Å². The molecule has 2 rings (SSSR count). The van der Waals surface area contributed by atoms with Crippen molar-refractivity contribution in [3.05, 3.63) is 47.5 Å². The minimum Gasteiger partial charge on any atom is -0.275 e. The van der Waals surface area contributed by atoms with Gasteiger partial charge >= 0.3 is 0 Å². The van der Waals surface area contributed by atoms with Crippen LogP contribution >= 0.6 is 0 Å². The molecule has 21 heavy (non-hydrogen) atoms. The second-order valence-electron chi connectivity index (χ2n) is 4.51. The number of aromatic nitrogens is 2. The number of rotatable bonds is 4. The molecule has 0 unspecified atom stereocenters. The summed E-state index contributed by atoms with van der Waals surface area (Å²) in [5.74, 6) is -0.853. The highest BCUT2D eigenvalue weighted by atomic mass is 32.2. The van der Waals surface area contributed by atoms with Crippen molar-refractivity contribution in [2.45, 2.75) is 11.4 Å². The Bertz CT molecular complexity index is 808. The molecule has 110 valence electrons. The molecular formula is C13H13FN4O2S. The van der Waals surface area contributed by atoms with Gasteiger partial charge < -0.3 is 0 Å². The van der Waals surface area contributed by atoms with Crippen LogP contribution in [0.2, 0.25) is 0 Å². The van der Waals surface area contributed by atoms with Crippen LogP contribution in [0.3, 0.4) is 0 Å². The molecule has 2 aromatic rings. The Hall–Kier alpha value is -2.24. The number of hydrogen-bond donors (Lipinski definition) is 0. The van der Waals surface area contributed by atoms with Crippen molar-refractivity contribution >= 4 is 10.0 Å². The van der Waals surface area contributed by atoms with Gasteiger partial charge in [0, 0.05) is 32.4 Å². The molecule has 6 nitrogen and oxygen atoms in total. The van der Waals surface area contributed by atoms with Crippen LogP contribution in [-0.2, 0) is 23.6 Å². The summed E-state index contributed by atoms with van der Waals surface area (Å²) in [6, 6.07) is 5.13. The van der Waals surface area contributed by atoms with Gasteiger partial charge in [-0.2, -0.15) is 14.7 Å². The first-order chi connectivity index (χ1) is 9.86. The van der Waals surface area contributed by atoms with Gasteiger partial charge in [0.1, 0.15) is 22.3 Å². The van der Waals surface area contributed by atoms with Gasteiger partial charge in [0.25, 0.3) is 0 Å². The van der Waals surface area contributed by atoms with Crippen molar-refractivity contribution < 1.29 is 12.8 Å². The molecule has 0 radical (unpaired) electrons. The summed E-state index contributed by atoms with van der Waals surface area (Å²) in [7, 11) is -0.869. The zero-order chi connectivity index (χ0) is 15.6. The lowest BCUT2D eigenvalue weighted by molar-refractivity contribution is 0.465. The molecule has 1 aromatic carbocycles. The second kappa shape index (κ2) is 5.63. The Kier molecular flexibility index (Phi) is 4.06. The first-order valence-corrected chi connectivity index (χ1v) is 7.42. The van der Waals surface area contributed by atoms with E-state index in [1.807, 2.05) is 0 Å². The van der Waals surface area contributed by atoms with E-state index in [1.165, 1.54) is 19.2 Å². The van der Waals surface area contributed by atoms with Crippen molar-refractivity contribution in [3.8, 4) is 6.07 Å². The highest BCUT2D eigenvalue weighted by Crippen LogP contribution is 2.22. The molecule has 0 spiro atoms. The quantitative estimate of drug-likeness (QED) is 0.851. The van der Waals surface area contributed by atoms with E-state index in [9.17, 15) is 12.8 Å². The van der Waals surface area contributed by atoms with Crippen LogP contribution in [0.5, 0.6) is 0 Å². The molecule has 0 saturated carbocycles. The molecule has 1 heterocycles. The maximum Gasteiger partial charge on any atom is 0.244 e. The van der Waals surface area contributed by atoms with Crippen molar-refractivity contribution in [2.24, 2.45) is 7.05 Å². The molecular weight excluding hydrogens is 295 g/mol. The molecule has 0 aliphatic heterocycles. The highest BCUT2D eigenvalue weighted by Gasteiger charge is 2.26. The second-order valence-corrected chi connectivity index (χ2v) is 6.52. The third-order valence-electron chi connectivity index (χ3n) is 2.94. The summed E-state index contributed by atoms with van der Waals surface area (Å²) in [5.41, 5.74) is 0.217. The Morgan fingerprint density at radius 2 is 2.19 bits per heavy atom. The average molecular weight is 308 g/mol. The number of benzene rings is 1. The fourth-order valence-corrected chi connectivity index (χ4v) is 3.20. The molecule has 1 aromatic heterocycles. The van der Waals surface area contributed by atoms with E-state index in [4.69, 9.17) is 5.26 Å². The van der Waals surface area contributed by atoms with Gasteiger partial charge in [-0.15, -0.1) is 0 Å². The van der Waals surface area contributed by atoms with E-state index in [-0.39, 0.29) is 11.4 Å². The lowest BCUT2D eigenvalue weighted by Crippen LogP contribution is -2.27. The fourth-order valence-electron chi connectivity index (χ4n) is 1.89. The molecule has 0 fully saturated rings. The molecule has 0 saturated heterocycles. The summed E-state index contributed by atoms with van der Waals surface area (Å²) >= 11 is 0. The first kappa shape index (κ1) is 15.2. The SMILES string of the molecule is CN(Cc1cnn(C)c1)S(=O)(=O)c1cccc(F)c1C#N. The number of nitriles is 1. The molecule has 0 amide bonds. The monoisotopic (exact) mass is 308 g/mol. The van der Waals surface area contributed by atoms with Gasteiger partial charge in [0.2, 0.25) is 10.0 Å². The van der Waals surface area contributed by atoms with E-state index in [0.29, 0.717) is 5.56 Å². The fraction of sp³-hybridized carbons (Fsp3) is 0.231. The summed E-state index contributed by atoms with van der Waals surface area (Å²) in [5, 5.41) is 12.9. The van der Waals surface area contributed by atoms with Gasteiger partial charge in [-0.3, -0.25) is 4.68 Å². The van der Waals surface area contributed by atoms with Crippen LogP contribution in [-0.4, -0.2) is 29.6 Å². The molecule has 0 atom stereocenters. The number of hydrogen-bond acceptors (Lipinski definition) is 4. The maximum atomic E-state index is 13.6.